The number of aromatic amines is 1. The van der Waals surface area contributed by atoms with Gasteiger partial charge in [0.05, 0.1) is 10.9 Å². The van der Waals surface area contributed by atoms with Gasteiger partial charge in [0.25, 0.3) is 5.56 Å². The number of amides is 1. The highest BCUT2D eigenvalue weighted by atomic mass is 16.2. The highest BCUT2D eigenvalue weighted by molar-refractivity contribution is 5.79. The number of para-hydroxylation sites is 1. The van der Waals surface area contributed by atoms with Crippen molar-refractivity contribution in [2.75, 3.05) is 6.54 Å². The molecule has 6 heteroatoms. The second-order valence-corrected chi connectivity index (χ2v) is 6.72. The van der Waals surface area contributed by atoms with Gasteiger partial charge in [-0.15, -0.1) is 0 Å². The molecular weight excluding hydrogens is 306 g/mol. The second kappa shape index (κ2) is 6.63. The van der Waals surface area contributed by atoms with Crippen molar-refractivity contribution >= 4 is 16.8 Å². The number of benzene rings is 1. The Hall–Kier alpha value is -2.37. The number of nitrogens with zero attached hydrogens (tertiary/aromatic N) is 2. The van der Waals surface area contributed by atoms with Crippen molar-refractivity contribution in [2.45, 2.75) is 45.7 Å². The number of likely N-dealkylation sites (tertiary alicyclic amines) is 1. The van der Waals surface area contributed by atoms with E-state index >= 15 is 0 Å². The maximum atomic E-state index is 12.6. The molecule has 0 radical (unpaired) electrons. The quantitative estimate of drug-likeness (QED) is 0.928. The fraction of sp³-hybridized carbons (Fsp3) is 0.500. The third-order valence-electron chi connectivity index (χ3n) is 4.84. The van der Waals surface area contributed by atoms with Gasteiger partial charge in [-0.3, -0.25) is 19.1 Å². The number of rotatable bonds is 4. The zero-order valence-electron chi connectivity index (χ0n) is 14.1. The van der Waals surface area contributed by atoms with Crippen LogP contribution >= 0.6 is 0 Å². The normalized spacial score (nSPS) is 17.8. The van der Waals surface area contributed by atoms with E-state index < -0.39 is 11.2 Å². The molecule has 1 aromatic heterocycles. The van der Waals surface area contributed by atoms with Crippen molar-refractivity contribution in [3.8, 4) is 0 Å². The molecule has 0 unspecified atom stereocenters. The number of nitrogens with one attached hydrogen (secondary N) is 1. The Balaban J connectivity index is 1.83. The highest BCUT2D eigenvalue weighted by Gasteiger charge is 2.30. The summed E-state index contributed by atoms with van der Waals surface area (Å²) in [6.07, 6.45) is 2.35. The summed E-state index contributed by atoms with van der Waals surface area (Å²) in [6.45, 7) is 5.34. The molecule has 3 rings (SSSR count). The van der Waals surface area contributed by atoms with Crippen molar-refractivity contribution in [2.24, 2.45) is 5.92 Å². The minimum Gasteiger partial charge on any atom is -0.339 e. The first-order valence-corrected chi connectivity index (χ1v) is 8.50. The molecule has 0 spiro atoms. The molecular formula is C18H23N3O3. The molecule has 1 aliphatic heterocycles. The first-order valence-electron chi connectivity index (χ1n) is 8.50. The van der Waals surface area contributed by atoms with Crippen molar-refractivity contribution in [1.29, 1.82) is 0 Å². The van der Waals surface area contributed by atoms with E-state index in [1.807, 2.05) is 4.90 Å². The minimum absolute atomic E-state index is 0.0772. The number of hydrogen-bond donors (Lipinski definition) is 1. The van der Waals surface area contributed by atoms with Crippen LogP contribution in [-0.2, 0) is 11.3 Å². The highest BCUT2D eigenvalue weighted by Crippen LogP contribution is 2.24. The van der Waals surface area contributed by atoms with E-state index in [4.69, 9.17) is 0 Å². The van der Waals surface area contributed by atoms with E-state index in [0.29, 0.717) is 22.9 Å². The van der Waals surface area contributed by atoms with Gasteiger partial charge in [0.1, 0.15) is 0 Å². The summed E-state index contributed by atoms with van der Waals surface area (Å²) in [5, 5.41) is 0.464. The molecule has 128 valence electrons. The van der Waals surface area contributed by atoms with Gasteiger partial charge in [0.15, 0.2) is 0 Å². The number of aromatic nitrogens is 2. The lowest BCUT2D eigenvalue weighted by molar-refractivity contribution is -0.133. The number of aryl methyl sites for hydroxylation is 1. The van der Waals surface area contributed by atoms with Gasteiger partial charge in [-0.25, -0.2) is 4.79 Å². The van der Waals surface area contributed by atoms with Crippen LogP contribution < -0.4 is 11.2 Å². The molecule has 1 amide bonds. The standard InChI is InChI=1S/C18H23N3O3/c1-12(2)14-8-5-10-20(14)16(22)9-11-21-15-7-4-3-6-13(15)17(23)19-18(21)24/h3-4,6-7,12,14H,5,8-11H2,1-2H3,(H,19,23,24)/t14-/m0/s1. The van der Waals surface area contributed by atoms with Gasteiger partial charge in [-0.1, -0.05) is 26.0 Å². The Morgan fingerprint density at radius 3 is 2.79 bits per heavy atom. The first-order chi connectivity index (χ1) is 11.5. The number of H-pyrrole nitrogens is 1. The van der Waals surface area contributed by atoms with Crippen LogP contribution in [0.5, 0.6) is 0 Å². The topological polar surface area (TPSA) is 75.2 Å². The molecule has 6 nitrogen and oxygen atoms in total. The minimum atomic E-state index is -0.465. The lowest BCUT2D eigenvalue weighted by Crippen LogP contribution is -2.39. The van der Waals surface area contributed by atoms with Gasteiger partial charge in [0, 0.05) is 25.6 Å². The van der Waals surface area contributed by atoms with Crippen molar-refractivity contribution in [1.82, 2.24) is 14.5 Å². The molecule has 1 atom stereocenters. The summed E-state index contributed by atoms with van der Waals surface area (Å²) in [5.41, 5.74) is -0.285. The van der Waals surface area contributed by atoms with Crippen LogP contribution in [0.25, 0.3) is 10.9 Å². The molecule has 0 bridgehead atoms. The van der Waals surface area contributed by atoms with Crippen molar-refractivity contribution in [3.63, 3.8) is 0 Å². The summed E-state index contributed by atoms with van der Waals surface area (Å²) in [6, 6.07) is 7.26. The largest absolute Gasteiger partial charge is 0.339 e. The van der Waals surface area contributed by atoms with Gasteiger partial charge in [-0.05, 0) is 30.9 Å². The molecule has 1 fully saturated rings. The summed E-state index contributed by atoms with van der Waals surface area (Å²) < 4.78 is 1.48. The third kappa shape index (κ3) is 3.00. The zero-order valence-corrected chi connectivity index (χ0v) is 14.1. The number of hydrogen-bond acceptors (Lipinski definition) is 3. The van der Waals surface area contributed by atoms with Gasteiger partial charge < -0.3 is 4.90 Å². The SMILES string of the molecule is CC(C)[C@@H]1CCCN1C(=O)CCn1c(=O)[nH]c(=O)c2ccccc21. The van der Waals surface area contributed by atoms with Gasteiger partial charge in [0.2, 0.25) is 5.91 Å². The van der Waals surface area contributed by atoms with Crippen molar-refractivity contribution < 1.29 is 4.79 Å². The maximum absolute atomic E-state index is 12.6. The molecule has 24 heavy (non-hydrogen) atoms. The number of fused-ring (bicyclic) bond motifs is 1. The average molecular weight is 329 g/mol. The molecule has 0 saturated carbocycles. The lowest BCUT2D eigenvalue weighted by atomic mass is 10.0. The Kier molecular flexibility index (Phi) is 4.55. The third-order valence-corrected chi connectivity index (χ3v) is 4.84. The fourth-order valence-corrected chi connectivity index (χ4v) is 3.61. The molecule has 1 N–H and O–H groups in total. The van der Waals surface area contributed by atoms with E-state index in [1.165, 1.54) is 4.57 Å². The van der Waals surface area contributed by atoms with Gasteiger partial charge in [-0.2, -0.15) is 0 Å². The predicted octanol–water partition coefficient (Wildman–Crippen LogP) is 1.73. The van der Waals surface area contributed by atoms with E-state index in [0.717, 1.165) is 19.4 Å². The van der Waals surface area contributed by atoms with Crippen LogP contribution in [0.15, 0.2) is 33.9 Å². The Bertz CT molecular complexity index is 866. The van der Waals surface area contributed by atoms with Crippen LogP contribution in [-0.4, -0.2) is 32.9 Å². The summed E-state index contributed by atoms with van der Waals surface area (Å²) in [5.74, 6) is 0.515. The summed E-state index contributed by atoms with van der Waals surface area (Å²) in [7, 11) is 0. The van der Waals surface area contributed by atoms with Crippen LogP contribution in [0.1, 0.15) is 33.1 Å². The monoisotopic (exact) mass is 329 g/mol. The van der Waals surface area contributed by atoms with Crippen LogP contribution in [0.4, 0.5) is 0 Å². The lowest BCUT2D eigenvalue weighted by Gasteiger charge is -2.28. The molecule has 2 aromatic rings. The maximum Gasteiger partial charge on any atom is 0.328 e. The average Bonchev–Trinajstić information content (AvgIpc) is 3.04. The smallest absolute Gasteiger partial charge is 0.328 e. The molecule has 1 saturated heterocycles. The summed E-state index contributed by atoms with van der Waals surface area (Å²) in [4.78, 5) is 40.9. The van der Waals surface area contributed by atoms with E-state index in [1.54, 1.807) is 24.3 Å². The fourth-order valence-electron chi connectivity index (χ4n) is 3.61. The molecule has 1 aromatic carbocycles. The molecule has 1 aliphatic rings. The van der Waals surface area contributed by atoms with E-state index in [9.17, 15) is 14.4 Å². The van der Waals surface area contributed by atoms with E-state index in [2.05, 4.69) is 18.8 Å². The van der Waals surface area contributed by atoms with Gasteiger partial charge >= 0.3 is 5.69 Å². The summed E-state index contributed by atoms with van der Waals surface area (Å²) >= 11 is 0. The molecule has 2 heterocycles. The van der Waals surface area contributed by atoms with Crippen LogP contribution in [0.3, 0.4) is 0 Å². The Morgan fingerprint density at radius 1 is 1.29 bits per heavy atom. The van der Waals surface area contributed by atoms with Crippen molar-refractivity contribution in [3.05, 3.63) is 45.1 Å². The predicted molar refractivity (Wildman–Crippen MR) is 93.0 cm³/mol. The Labute approximate surface area is 140 Å². The zero-order chi connectivity index (χ0) is 17.3. The van der Waals surface area contributed by atoms with Crippen LogP contribution in [0.2, 0.25) is 0 Å². The number of carbonyl (C=O) groups is 1. The Morgan fingerprint density at radius 2 is 2.04 bits per heavy atom. The molecule has 0 aliphatic carbocycles. The second-order valence-electron chi connectivity index (χ2n) is 6.72. The number of carbonyl (C=O) groups excluding carboxylic acids is 1. The van der Waals surface area contributed by atoms with Crippen LogP contribution in [0, 0.1) is 5.92 Å². The first kappa shape index (κ1) is 16.5. The van der Waals surface area contributed by atoms with E-state index in [-0.39, 0.29) is 18.9 Å².